The summed E-state index contributed by atoms with van der Waals surface area (Å²) >= 11 is 3.39. The summed E-state index contributed by atoms with van der Waals surface area (Å²) in [4.78, 5) is 28.9. The molecule has 0 aromatic heterocycles. The third-order valence-corrected chi connectivity index (χ3v) is 8.75. The summed E-state index contributed by atoms with van der Waals surface area (Å²) in [6.45, 7) is -0.363. The van der Waals surface area contributed by atoms with Crippen molar-refractivity contribution in [1.29, 1.82) is 0 Å². The molecule has 0 aliphatic carbocycles. The number of carbonyl (C=O) groups excluding carboxylic acids is 2. The molecule has 0 saturated heterocycles. The van der Waals surface area contributed by atoms with Gasteiger partial charge in [0, 0.05) is 24.5 Å². The molecular weight excluding hydrogens is 590 g/mol. The van der Waals surface area contributed by atoms with Gasteiger partial charge in [-0.3, -0.25) is 13.9 Å². The highest BCUT2D eigenvalue weighted by atomic mass is 79.9. The average Bonchev–Trinajstić information content (AvgIpc) is 2.99. The first-order chi connectivity index (χ1) is 19.3. The molecule has 1 atom stereocenters. The maximum Gasteiger partial charge on any atom is 0.264 e. The molecule has 40 heavy (non-hydrogen) atoms. The summed E-state index contributed by atoms with van der Waals surface area (Å²) in [6, 6.07) is 32.6. The Morgan fingerprint density at radius 1 is 0.775 bits per heavy atom. The predicted octanol–water partition coefficient (Wildman–Crippen LogP) is 5.03. The van der Waals surface area contributed by atoms with Crippen molar-refractivity contribution in [3.8, 4) is 0 Å². The van der Waals surface area contributed by atoms with Crippen molar-refractivity contribution in [2.45, 2.75) is 23.9 Å². The first-order valence-electron chi connectivity index (χ1n) is 12.7. The fourth-order valence-corrected chi connectivity index (χ4v) is 6.06. The van der Waals surface area contributed by atoms with E-state index in [1.165, 1.54) is 24.1 Å². The Balaban J connectivity index is 1.76. The van der Waals surface area contributed by atoms with Crippen LogP contribution in [0, 0.1) is 0 Å². The van der Waals surface area contributed by atoms with Gasteiger partial charge < -0.3 is 10.2 Å². The zero-order chi connectivity index (χ0) is 28.5. The van der Waals surface area contributed by atoms with Crippen LogP contribution in [0.5, 0.6) is 0 Å². The van der Waals surface area contributed by atoms with Crippen LogP contribution in [0.2, 0.25) is 0 Å². The van der Waals surface area contributed by atoms with Gasteiger partial charge in [0.25, 0.3) is 10.0 Å². The second-order valence-corrected chi connectivity index (χ2v) is 11.9. The molecule has 0 aliphatic heterocycles. The molecule has 4 rings (SSSR count). The molecule has 206 valence electrons. The van der Waals surface area contributed by atoms with Gasteiger partial charge in [0.2, 0.25) is 11.8 Å². The number of anilines is 1. The topological polar surface area (TPSA) is 86.8 Å². The molecule has 2 amide bonds. The number of hydrogen-bond acceptors (Lipinski definition) is 4. The van der Waals surface area contributed by atoms with Gasteiger partial charge in [0.1, 0.15) is 12.6 Å². The van der Waals surface area contributed by atoms with Crippen LogP contribution in [-0.4, -0.2) is 44.8 Å². The largest absolute Gasteiger partial charge is 0.357 e. The number of likely N-dealkylation sites (N-methyl/N-ethyl adjacent to an activating group) is 1. The number of amides is 2. The molecule has 1 unspecified atom stereocenters. The summed E-state index contributed by atoms with van der Waals surface area (Å²) in [5, 5.41) is 2.68. The fourth-order valence-electron chi connectivity index (χ4n) is 4.36. The van der Waals surface area contributed by atoms with E-state index in [0.717, 1.165) is 19.9 Å². The fraction of sp³-hybridized carbons (Fsp3) is 0.161. The lowest BCUT2D eigenvalue weighted by Crippen LogP contribution is -2.53. The molecule has 9 heteroatoms. The quantitative estimate of drug-likeness (QED) is 0.255. The van der Waals surface area contributed by atoms with E-state index in [0.29, 0.717) is 5.69 Å². The van der Waals surface area contributed by atoms with E-state index in [4.69, 9.17) is 0 Å². The van der Waals surface area contributed by atoms with Crippen LogP contribution in [0.4, 0.5) is 5.69 Å². The Kier molecular flexibility index (Phi) is 9.74. The smallest absolute Gasteiger partial charge is 0.264 e. The summed E-state index contributed by atoms with van der Waals surface area (Å²) in [6.07, 6.45) is 0.267. The Morgan fingerprint density at radius 3 is 1.85 bits per heavy atom. The molecule has 0 heterocycles. The maximum absolute atomic E-state index is 14.2. The Hall–Kier alpha value is -3.95. The molecule has 4 aromatic carbocycles. The van der Waals surface area contributed by atoms with Crippen molar-refractivity contribution in [2.75, 3.05) is 17.9 Å². The third kappa shape index (κ3) is 7.16. The summed E-state index contributed by atoms with van der Waals surface area (Å²) in [5.41, 5.74) is 2.03. The lowest BCUT2D eigenvalue weighted by molar-refractivity contribution is -0.139. The van der Waals surface area contributed by atoms with Crippen LogP contribution >= 0.6 is 15.9 Å². The normalized spacial score (nSPS) is 11.8. The van der Waals surface area contributed by atoms with E-state index in [1.807, 2.05) is 60.7 Å². The van der Waals surface area contributed by atoms with Gasteiger partial charge in [0.05, 0.1) is 10.6 Å². The second kappa shape index (κ2) is 13.4. The zero-order valence-electron chi connectivity index (χ0n) is 22.0. The van der Waals surface area contributed by atoms with Gasteiger partial charge in [-0.1, -0.05) is 94.8 Å². The summed E-state index contributed by atoms with van der Waals surface area (Å²) in [5.74, 6) is -0.843. The van der Waals surface area contributed by atoms with Gasteiger partial charge >= 0.3 is 0 Å². The first kappa shape index (κ1) is 29.0. The number of hydrogen-bond donors (Lipinski definition) is 1. The van der Waals surface area contributed by atoms with Crippen molar-refractivity contribution in [2.24, 2.45) is 0 Å². The molecule has 1 N–H and O–H groups in total. The average molecular weight is 621 g/mol. The van der Waals surface area contributed by atoms with Crippen LogP contribution < -0.4 is 9.62 Å². The standard InChI is InChI=1S/C31H30BrN3O4S/c1-33-31(37)29(21-24-11-5-2-6-12-24)34(22-25-13-7-3-8-14-25)30(36)23-35(27-19-17-26(32)18-20-27)40(38,39)28-15-9-4-10-16-28/h2-20,29H,21-23H2,1H3,(H,33,37). The number of nitrogens with one attached hydrogen (secondary N) is 1. The molecule has 0 spiro atoms. The Labute approximate surface area is 243 Å². The third-order valence-electron chi connectivity index (χ3n) is 6.44. The van der Waals surface area contributed by atoms with Crippen molar-refractivity contribution in [3.63, 3.8) is 0 Å². The molecule has 7 nitrogen and oxygen atoms in total. The minimum Gasteiger partial charge on any atom is -0.357 e. The van der Waals surface area contributed by atoms with Gasteiger partial charge in [-0.2, -0.15) is 0 Å². The molecular formula is C31H30BrN3O4S. The van der Waals surface area contributed by atoms with Crippen LogP contribution in [0.25, 0.3) is 0 Å². The van der Waals surface area contributed by atoms with Crippen LogP contribution in [-0.2, 0) is 32.6 Å². The van der Waals surface area contributed by atoms with Crippen molar-refractivity contribution in [1.82, 2.24) is 10.2 Å². The van der Waals surface area contributed by atoms with Crippen molar-refractivity contribution < 1.29 is 18.0 Å². The van der Waals surface area contributed by atoms with Gasteiger partial charge in [-0.25, -0.2) is 8.42 Å². The predicted molar refractivity (Wildman–Crippen MR) is 160 cm³/mol. The highest BCUT2D eigenvalue weighted by molar-refractivity contribution is 9.10. The number of benzene rings is 4. The van der Waals surface area contributed by atoms with Gasteiger partial charge in [0.15, 0.2) is 0 Å². The SMILES string of the molecule is CNC(=O)C(Cc1ccccc1)N(Cc1ccccc1)C(=O)CN(c1ccc(Br)cc1)S(=O)(=O)c1ccccc1. The van der Waals surface area contributed by atoms with E-state index >= 15 is 0 Å². The van der Waals surface area contributed by atoms with Crippen LogP contribution in [0.3, 0.4) is 0 Å². The molecule has 4 aromatic rings. The molecule has 0 bridgehead atoms. The lowest BCUT2D eigenvalue weighted by atomic mass is 10.0. The van der Waals surface area contributed by atoms with Crippen molar-refractivity contribution >= 4 is 43.5 Å². The number of nitrogens with zero attached hydrogens (tertiary/aromatic N) is 2. The maximum atomic E-state index is 14.2. The van der Waals surface area contributed by atoms with E-state index < -0.39 is 28.5 Å². The minimum absolute atomic E-state index is 0.0625. The highest BCUT2D eigenvalue weighted by Gasteiger charge is 2.34. The number of sulfonamides is 1. The summed E-state index contributed by atoms with van der Waals surface area (Å²) in [7, 11) is -2.58. The number of carbonyl (C=O) groups is 2. The molecule has 0 saturated carbocycles. The van der Waals surface area contributed by atoms with Crippen LogP contribution in [0.1, 0.15) is 11.1 Å². The van der Waals surface area contributed by atoms with E-state index in [-0.39, 0.29) is 23.8 Å². The Bertz CT molecular complexity index is 1520. The zero-order valence-corrected chi connectivity index (χ0v) is 24.4. The summed E-state index contributed by atoms with van der Waals surface area (Å²) < 4.78 is 29.6. The molecule has 0 radical (unpaired) electrons. The lowest BCUT2D eigenvalue weighted by Gasteiger charge is -2.33. The van der Waals surface area contributed by atoms with E-state index in [2.05, 4.69) is 21.2 Å². The van der Waals surface area contributed by atoms with E-state index in [9.17, 15) is 18.0 Å². The van der Waals surface area contributed by atoms with Crippen molar-refractivity contribution in [3.05, 3.63) is 131 Å². The first-order valence-corrected chi connectivity index (χ1v) is 14.9. The monoisotopic (exact) mass is 619 g/mol. The van der Waals surface area contributed by atoms with Gasteiger partial charge in [-0.05, 0) is 47.5 Å². The van der Waals surface area contributed by atoms with Gasteiger partial charge in [-0.15, -0.1) is 0 Å². The minimum atomic E-state index is -4.11. The second-order valence-electron chi connectivity index (χ2n) is 9.13. The van der Waals surface area contributed by atoms with E-state index in [1.54, 1.807) is 42.5 Å². The number of rotatable bonds is 11. The molecule has 0 fully saturated rings. The Morgan fingerprint density at radius 2 is 1.30 bits per heavy atom. The van der Waals surface area contributed by atoms with Crippen LogP contribution in [0.15, 0.2) is 125 Å². The number of halogens is 1. The molecule has 0 aliphatic rings. The highest BCUT2D eigenvalue weighted by Crippen LogP contribution is 2.26.